The molecule has 0 spiro atoms. The molecule has 2 aromatic carbocycles. The Hall–Kier alpha value is -2.20. The van der Waals surface area contributed by atoms with Crippen molar-refractivity contribution < 1.29 is 19.0 Å². The number of thioether (sulfide) groups is 1. The maximum Gasteiger partial charge on any atom is 0.257 e. The molecule has 0 atom stereocenters. The summed E-state index contributed by atoms with van der Waals surface area (Å²) in [6, 6.07) is 8.75. The molecule has 3 aromatic rings. The van der Waals surface area contributed by atoms with Gasteiger partial charge in [0.1, 0.15) is 0 Å². The summed E-state index contributed by atoms with van der Waals surface area (Å²) >= 11 is 14.8. The van der Waals surface area contributed by atoms with Gasteiger partial charge in [0.2, 0.25) is 10.9 Å². The molecular weight excluding hydrogens is 505 g/mol. The molecule has 0 aliphatic rings. The molecule has 0 saturated carbocycles. The van der Waals surface area contributed by atoms with Crippen molar-refractivity contribution in [1.29, 1.82) is 0 Å². The van der Waals surface area contributed by atoms with Crippen LogP contribution >= 0.6 is 46.3 Å². The van der Waals surface area contributed by atoms with Crippen LogP contribution in [0.1, 0.15) is 36.7 Å². The number of nitrogens with one attached hydrogen (secondary N) is 1. The molecular formula is C22H23Cl2N3O4S2. The number of anilines is 1. The largest absolute Gasteiger partial charge is 0.490 e. The van der Waals surface area contributed by atoms with Crippen LogP contribution in [-0.2, 0) is 5.75 Å². The van der Waals surface area contributed by atoms with Crippen molar-refractivity contribution in [3.8, 4) is 17.2 Å². The molecule has 176 valence electrons. The Labute approximate surface area is 210 Å². The van der Waals surface area contributed by atoms with Gasteiger partial charge in [-0.25, -0.2) is 0 Å². The number of halogens is 2. The van der Waals surface area contributed by atoms with E-state index in [0.29, 0.717) is 67.9 Å². The average Bonchev–Trinajstić information content (AvgIpc) is 3.24. The second-order valence-electron chi connectivity index (χ2n) is 6.47. The van der Waals surface area contributed by atoms with Gasteiger partial charge >= 0.3 is 0 Å². The van der Waals surface area contributed by atoms with Crippen molar-refractivity contribution in [2.45, 2.75) is 30.9 Å². The average molecular weight is 528 g/mol. The fourth-order valence-corrected chi connectivity index (χ4v) is 4.79. The Balaban J connectivity index is 1.71. The van der Waals surface area contributed by atoms with E-state index in [1.165, 1.54) is 23.1 Å². The van der Waals surface area contributed by atoms with Gasteiger partial charge in [-0.2, -0.15) is 0 Å². The third-order valence-electron chi connectivity index (χ3n) is 4.14. The first kappa shape index (κ1) is 25.4. The number of rotatable bonds is 11. The van der Waals surface area contributed by atoms with Gasteiger partial charge in [0.05, 0.1) is 29.9 Å². The van der Waals surface area contributed by atoms with Gasteiger partial charge in [0.25, 0.3) is 5.91 Å². The van der Waals surface area contributed by atoms with E-state index < -0.39 is 0 Å². The van der Waals surface area contributed by atoms with Gasteiger partial charge in [-0.3, -0.25) is 10.1 Å². The summed E-state index contributed by atoms with van der Waals surface area (Å²) < 4.78 is 17.8. The molecule has 0 fully saturated rings. The first-order chi connectivity index (χ1) is 15.9. The fourth-order valence-electron chi connectivity index (χ4n) is 2.78. The van der Waals surface area contributed by atoms with Gasteiger partial charge < -0.3 is 14.2 Å². The van der Waals surface area contributed by atoms with E-state index in [4.69, 9.17) is 37.4 Å². The van der Waals surface area contributed by atoms with Gasteiger partial charge in [-0.15, -0.1) is 10.2 Å². The SMILES string of the molecule is CCOc1cc(C(=O)Nc2nnc(SCc3ccc(Cl)c(Cl)c3)s2)cc(OCC)c1OCC. The minimum atomic E-state index is -0.350. The summed E-state index contributed by atoms with van der Waals surface area (Å²) in [6.07, 6.45) is 0. The van der Waals surface area contributed by atoms with E-state index in [1.807, 2.05) is 32.9 Å². The lowest BCUT2D eigenvalue weighted by Gasteiger charge is -2.16. The Bertz CT molecular complexity index is 1080. The third kappa shape index (κ3) is 6.89. The van der Waals surface area contributed by atoms with Crippen molar-refractivity contribution in [3.05, 3.63) is 51.5 Å². The summed E-state index contributed by atoms with van der Waals surface area (Å²) in [4.78, 5) is 12.9. The molecule has 1 N–H and O–H groups in total. The number of nitrogens with zero attached hydrogens (tertiary/aromatic N) is 2. The van der Waals surface area contributed by atoms with Crippen LogP contribution in [0.4, 0.5) is 5.13 Å². The summed E-state index contributed by atoms with van der Waals surface area (Å²) in [5.74, 6) is 1.68. The number of carbonyl (C=O) groups excluding carboxylic acids is 1. The third-order valence-corrected chi connectivity index (χ3v) is 6.93. The molecule has 3 rings (SSSR count). The highest BCUT2D eigenvalue weighted by atomic mass is 35.5. The van der Waals surface area contributed by atoms with Crippen molar-refractivity contribution in [3.63, 3.8) is 0 Å². The smallest absolute Gasteiger partial charge is 0.257 e. The molecule has 11 heteroatoms. The van der Waals surface area contributed by atoms with E-state index in [-0.39, 0.29) is 5.91 Å². The van der Waals surface area contributed by atoms with E-state index in [0.717, 1.165) is 5.56 Å². The van der Waals surface area contributed by atoms with Crippen LogP contribution in [0.5, 0.6) is 17.2 Å². The highest BCUT2D eigenvalue weighted by Gasteiger charge is 2.19. The first-order valence-corrected chi connectivity index (χ1v) is 12.8. The minimum Gasteiger partial charge on any atom is -0.490 e. The van der Waals surface area contributed by atoms with Crippen LogP contribution in [0.25, 0.3) is 0 Å². The van der Waals surface area contributed by atoms with Crippen molar-refractivity contribution in [2.75, 3.05) is 25.1 Å². The zero-order chi connectivity index (χ0) is 23.8. The zero-order valence-corrected chi connectivity index (χ0v) is 21.5. The standard InChI is InChI=1S/C22H23Cl2N3O4S2/c1-4-29-17-10-14(11-18(30-5-2)19(17)31-6-3)20(28)25-21-26-27-22(33-21)32-12-13-7-8-15(23)16(24)9-13/h7-11H,4-6,12H2,1-3H3,(H,25,26,28). The molecule has 0 saturated heterocycles. The van der Waals surface area contributed by atoms with Crippen LogP contribution in [0.3, 0.4) is 0 Å². The summed E-state index contributed by atoms with van der Waals surface area (Å²) in [7, 11) is 0. The number of amides is 1. The second kappa shape index (κ2) is 12.3. The molecule has 0 aliphatic heterocycles. The second-order valence-corrected chi connectivity index (χ2v) is 9.48. The topological polar surface area (TPSA) is 82.6 Å². The maximum atomic E-state index is 12.9. The van der Waals surface area contributed by atoms with Crippen LogP contribution in [-0.4, -0.2) is 35.9 Å². The monoisotopic (exact) mass is 527 g/mol. The van der Waals surface area contributed by atoms with Crippen molar-refractivity contribution in [2.24, 2.45) is 0 Å². The van der Waals surface area contributed by atoms with Gasteiger partial charge in [-0.05, 0) is 50.6 Å². The molecule has 1 aromatic heterocycles. The van der Waals surface area contributed by atoms with Crippen LogP contribution in [0.15, 0.2) is 34.7 Å². The first-order valence-electron chi connectivity index (χ1n) is 10.2. The number of hydrogen-bond acceptors (Lipinski definition) is 8. The number of carbonyl (C=O) groups is 1. The van der Waals surface area contributed by atoms with Crippen molar-refractivity contribution >= 4 is 57.3 Å². The van der Waals surface area contributed by atoms with Gasteiger partial charge in [-0.1, -0.05) is 52.4 Å². The Morgan fingerprint density at radius 3 is 2.24 bits per heavy atom. The van der Waals surface area contributed by atoms with E-state index in [9.17, 15) is 4.79 Å². The predicted octanol–water partition coefficient (Wildman–Crippen LogP) is 6.59. The van der Waals surface area contributed by atoms with Crippen LogP contribution in [0.2, 0.25) is 10.0 Å². The molecule has 0 aliphatic carbocycles. The molecule has 7 nitrogen and oxygen atoms in total. The van der Waals surface area contributed by atoms with Crippen LogP contribution in [0, 0.1) is 0 Å². The zero-order valence-electron chi connectivity index (χ0n) is 18.3. The lowest BCUT2D eigenvalue weighted by Crippen LogP contribution is -2.13. The Kier molecular flexibility index (Phi) is 9.49. The number of ether oxygens (including phenoxy) is 3. The number of benzene rings is 2. The summed E-state index contributed by atoms with van der Waals surface area (Å²) in [6.45, 7) is 6.89. The lowest BCUT2D eigenvalue weighted by atomic mass is 10.1. The quantitative estimate of drug-likeness (QED) is 0.222. The molecule has 0 radical (unpaired) electrons. The summed E-state index contributed by atoms with van der Waals surface area (Å²) in [5, 5.41) is 12.4. The normalized spacial score (nSPS) is 10.7. The van der Waals surface area contributed by atoms with E-state index in [2.05, 4.69) is 15.5 Å². The van der Waals surface area contributed by atoms with Gasteiger partial charge in [0.15, 0.2) is 15.8 Å². The Morgan fingerprint density at radius 1 is 0.970 bits per heavy atom. The minimum absolute atomic E-state index is 0.350. The predicted molar refractivity (Wildman–Crippen MR) is 134 cm³/mol. The number of hydrogen-bond donors (Lipinski definition) is 1. The fraction of sp³-hybridized carbons (Fsp3) is 0.318. The maximum absolute atomic E-state index is 12.9. The highest BCUT2D eigenvalue weighted by Crippen LogP contribution is 2.39. The van der Waals surface area contributed by atoms with E-state index in [1.54, 1.807) is 18.2 Å². The molecule has 1 heterocycles. The molecule has 0 unspecified atom stereocenters. The van der Waals surface area contributed by atoms with E-state index >= 15 is 0 Å². The van der Waals surface area contributed by atoms with Crippen LogP contribution < -0.4 is 19.5 Å². The van der Waals surface area contributed by atoms with Gasteiger partial charge in [0, 0.05) is 11.3 Å². The molecule has 1 amide bonds. The number of aromatic nitrogens is 2. The molecule has 33 heavy (non-hydrogen) atoms. The Morgan fingerprint density at radius 2 is 1.64 bits per heavy atom. The highest BCUT2D eigenvalue weighted by molar-refractivity contribution is 8.00. The lowest BCUT2D eigenvalue weighted by molar-refractivity contribution is 0.102. The van der Waals surface area contributed by atoms with Crippen molar-refractivity contribution in [1.82, 2.24) is 10.2 Å². The summed E-state index contributed by atoms with van der Waals surface area (Å²) in [5.41, 5.74) is 1.38. The molecule has 0 bridgehead atoms.